The van der Waals surface area contributed by atoms with Crippen molar-refractivity contribution in [2.45, 2.75) is 12.8 Å². The molecule has 1 amide bonds. The van der Waals surface area contributed by atoms with Crippen LogP contribution in [0.5, 0.6) is 0 Å². The second-order valence-electron chi connectivity index (χ2n) is 4.62. The highest BCUT2D eigenvalue weighted by Gasteiger charge is 2.23. The molecule has 2 rings (SSSR count). The molecule has 2 N–H and O–H groups in total. The summed E-state index contributed by atoms with van der Waals surface area (Å²) in [6.45, 7) is 2.00. The minimum atomic E-state index is -0.409. The molecule has 106 valence electrons. The molecule has 1 aliphatic heterocycles. The van der Waals surface area contributed by atoms with E-state index in [1.807, 2.05) is 0 Å². The molecule has 0 bridgehead atoms. The van der Waals surface area contributed by atoms with Crippen molar-refractivity contribution in [3.63, 3.8) is 0 Å². The third kappa shape index (κ3) is 3.91. The zero-order valence-corrected chi connectivity index (χ0v) is 12.8. The van der Waals surface area contributed by atoms with Crippen LogP contribution < -0.4 is 5.73 Å². The number of carbonyl (C=O) groups is 1. The van der Waals surface area contributed by atoms with Crippen LogP contribution in [0, 0.1) is 11.7 Å². The van der Waals surface area contributed by atoms with E-state index in [0.29, 0.717) is 29.0 Å². The number of hydrogen-bond acceptors (Lipinski definition) is 2. The van der Waals surface area contributed by atoms with Gasteiger partial charge in [-0.25, -0.2) is 4.39 Å². The molecule has 1 saturated heterocycles. The molecule has 0 spiro atoms. The fraction of sp³-hybridized carbons (Fsp3) is 0.462. The van der Waals surface area contributed by atoms with Gasteiger partial charge in [-0.05, 0) is 59.4 Å². The van der Waals surface area contributed by atoms with Gasteiger partial charge in [-0.3, -0.25) is 4.79 Å². The van der Waals surface area contributed by atoms with Crippen LogP contribution in [0.15, 0.2) is 22.7 Å². The van der Waals surface area contributed by atoms with Gasteiger partial charge >= 0.3 is 0 Å². The zero-order valence-electron chi connectivity index (χ0n) is 10.4. The second-order valence-corrected chi connectivity index (χ2v) is 5.48. The number of benzene rings is 1. The van der Waals surface area contributed by atoms with Crippen molar-refractivity contribution in [2.75, 3.05) is 19.6 Å². The molecule has 1 aliphatic rings. The third-order valence-electron chi connectivity index (χ3n) is 3.31. The number of rotatable bonds is 2. The van der Waals surface area contributed by atoms with Gasteiger partial charge in [0.05, 0.1) is 4.47 Å². The van der Waals surface area contributed by atoms with E-state index in [2.05, 4.69) is 15.9 Å². The summed E-state index contributed by atoms with van der Waals surface area (Å²) in [5.41, 5.74) is 6.04. The quantitative estimate of drug-likeness (QED) is 0.890. The van der Waals surface area contributed by atoms with Gasteiger partial charge < -0.3 is 10.6 Å². The van der Waals surface area contributed by atoms with E-state index in [9.17, 15) is 9.18 Å². The summed E-state index contributed by atoms with van der Waals surface area (Å²) >= 11 is 3.08. The Morgan fingerprint density at radius 2 is 2.26 bits per heavy atom. The van der Waals surface area contributed by atoms with E-state index in [4.69, 9.17) is 5.73 Å². The summed E-state index contributed by atoms with van der Waals surface area (Å²) in [4.78, 5) is 14.0. The Bertz CT molecular complexity index is 458. The first-order valence-electron chi connectivity index (χ1n) is 6.06. The number of hydrogen-bond donors (Lipinski definition) is 1. The summed E-state index contributed by atoms with van der Waals surface area (Å²) < 4.78 is 13.8. The van der Waals surface area contributed by atoms with Crippen LogP contribution in [0.3, 0.4) is 0 Å². The normalized spacial score (nSPS) is 18.9. The van der Waals surface area contributed by atoms with Gasteiger partial charge in [-0.15, -0.1) is 12.4 Å². The number of carbonyl (C=O) groups excluding carboxylic acids is 1. The molecule has 1 fully saturated rings. The van der Waals surface area contributed by atoms with Crippen LogP contribution in [0.2, 0.25) is 0 Å². The Kier molecular flexibility index (Phi) is 6.23. The smallest absolute Gasteiger partial charge is 0.253 e. The van der Waals surface area contributed by atoms with Crippen LogP contribution >= 0.6 is 28.3 Å². The van der Waals surface area contributed by atoms with Crippen molar-refractivity contribution >= 4 is 34.2 Å². The van der Waals surface area contributed by atoms with Gasteiger partial charge in [-0.2, -0.15) is 0 Å². The van der Waals surface area contributed by atoms with E-state index in [1.165, 1.54) is 6.07 Å². The minimum Gasteiger partial charge on any atom is -0.338 e. The van der Waals surface area contributed by atoms with Crippen molar-refractivity contribution in [1.29, 1.82) is 0 Å². The first-order valence-corrected chi connectivity index (χ1v) is 6.85. The summed E-state index contributed by atoms with van der Waals surface area (Å²) in [6.07, 6.45) is 2.03. The monoisotopic (exact) mass is 350 g/mol. The number of nitrogens with two attached hydrogens (primary N) is 1. The maximum absolute atomic E-state index is 13.4. The highest BCUT2D eigenvalue weighted by Crippen LogP contribution is 2.20. The lowest BCUT2D eigenvalue weighted by Gasteiger charge is -2.32. The van der Waals surface area contributed by atoms with Gasteiger partial charge in [0, 0.05) is 18.7 Å². The highest BCUT2D eigenvalue weighted by molar-refractivity contribution is 9.10. The van der Waals surface area contributed by atoms with Crippen LogP contribution in [-0.4, -0.2) is 30.4 Å². The predicted molar refractivity (Wildman–Crippen MR) is 79.0 cm³/mol. The molecule has 0 aromatic heterocycles. The fourth-order valence-electron chi connectivity index (χ4n) is 2.25. The molecule has 1 atom stereocenters. The Labute approximate surface area is 126 Å². The molecule has 0 saturated carbocycles. The van der Waals surface area contributed by atoms with E-state index < -0.39 is 5.82 Å². The molecule has 1 aromatic rings. The van der Waals surface area contributed by atoms with Crippen molar-refractivity contribution in [3.05, 3.63) is 34.1 Å². The van der Waals surface area contributed by atoms with Gasteiger partial charge in [0.25, 0.3) is 5.91 Å². The average molecular weight is 352 g/mol. The average Bonchev–Trinajstić information content (AvgIpc) is 2.41. The first-order chi connectivity index (χ1) is 8.61. The SMILES string of the molecule is Cl.NCC1CCCN(C(=O)c2ccc(Br)c(F)c2)C1. The molecule has 1 unspecified atom stereocenters. The van der Waals surface area contributed by atoms with E-state index in [-0.39, 0.29) is 18.3 Å². The molecule has 1 heterocycles. The number of nitrogens with zero attached hydrogens (tertiary/aromatic N) is 1. The Morgan fingerprint density at radius 1 is 1.53 bits per heavy atom. The molecule has 0 aliphatic carbocycles. The van der Waals surface area contributed by atoms with E-state index >= 15 is 0 Å². The summed E-state index contributed by atoms with van der Waals surface area (Å²) in [5, 5.41) is 0. The second kappa shape index (κ2) is 7.22. The molecule has 3 nitrogen and oxygen atoms in total. The number of piperidine rings is 1. The van der Waals surface area contributed by atoms with E-state index in [0.717, 1.165) is 19.4 Å². The molecule has 1 aromatic carbocycles. The fourth-order valence-corrected chi connectivity index (χ4v) is 2.50. The van der Waals surface area contributed by atoms with Crippen LogP contribution in [-0.2, 0) is 0 Å². The lowest BCUT2D eigenvalue weighted by molar-refractivity contribution is 0.0677. The van der Waals surface area contributed by atoms with Gasteiger partial charge in [-0.1, -0.05) is 0 Å². The highest BCUT2D eigenvalue weighted by atomic mass is 79.9. The van der Waals surface area contributed by atoms with Gasteiger partial charge in [0.15, 0.2) is 0 Å². The zero-order chi connectivity index (χ0) is 13.1. The third-order valence-corrected chi connectivity index (χ3v) is 3.95. The molecular formula is C13H17BrClFN2O. The number of amides is 1. The maximum atomic E-state index is 13.4. The Hall–Kier alpha value is -0.650. The van der Waals surface area contributed by atoms with Crippen molar-refractivity contribution in [3.8, 4) is 0 Å². The van der Waals surface area contributed by atoms with Crippen molar-refractivity contribution < 1.29 is 9.18 Å². The van der Waals surface area contributed by atoms with Gasteiger partial charge in [0.1, 0.15) is 5.82 Å². The summed E-state index contributed by atoms with van der Waals surface area (Å²) in [5.74, 6) is -0.157. The topological polar surface area (TPSA) is 46.3 Å². The van der Waals surface area contributed by atoms with Crippen LogP contribution in [0.4, 0.5) is 4.39 Å². The molecule has 19 heavy (non-hydrogen) atoms. The Balaban J connectivity index is 0.00000180. The summed E-state index contributed by atoms with van der Waals surface area (Å²) in [6, 6.07) is 4.48. The van der Waals surface area contributed by atoms with Crippen LogP contribution in [0.25, 0.3) is 0 Å². The lowest BCUT2D eigenvalue weighted by atomic mass is 9.97. The van der Waals surface area contributed by atoms with Crippen molar-refractivity contribution in [1.82, 2.24) is 4.90 Å². The standard InChI is InChI=1S/C13H16BrFN2O.ClH/c14-11-4-3-10(6-12(11)15)13(18)17-5-1-2-9(7-16)8-17;/h3-4,6,9H,1-2,5,7-8,16H2;1H. The first kappa shape index (κ1) is 16.4. The van der Waals surface area contributed by atoms with Crippen molar-refractivity contribution in [2.24, 2.45) is 11.7 Å². The Morgan fingerprint density at radius 3 is 2.89 bits per heavy atom. The summed E-state index contributed by atoms with van der Waals surface area (Å²) in [7, 11) is 0. The van der Waals surface area contributed by atoms with Crippen LogP contribution in [0.1, 0.15) is 23.2 Å². The maximum Gasteiger partial charge on any atom is 0.253 e. The lowest BCUT2D eigenvalue weighted by Crippen LogP contribution is -2.42. The minimum absolute atomic E-state index is 0. The number of likely N-dealkylation sites (tertiary alicyclic amines) is 1. The predicted octanol–water partition coefficient (Wildman–Crippen LogP) is 2.82. The van der Waals surface area contributed by atoms with E-state index in [1.54, 1.807) is 17.0 Å². The van der Waals surface area contributed by atoms with Gasteiger partial charge in [0.2, 0.25) is 0 Å². The number of halogens is 3. The largest absolute Gasteiger partial charge is 0.338 e. The molecule has 0 radical (unpaired) electrons. The molecular weight excluding hydrogens is 335 g/mol. The molecule has 6 heteroatoms.